The lowest BCUT2D eigenvalue weighted by Crippen LogP contribution is -2.19. The van der Waals surface area contributed by atoms with Crippen LogP contribution in [0.25, 0.3) is 6.08 Å². The number of nitrogens with zero attached hydrogens (tertiary/aromatic N) is 1. The number of carbonyl (C=O) groups excluding carboxylic acids is 1. The van der Waals surface area contributed by atoms with Crippen LogP contribution < -0.4 is 14.8 Å². The lowest BCUT2D eigenvalue weighted by molar-refractivity contribution is -0.115. The van der Waals surface area contributed by atoms with E-state index in [0.29, 0.717) is 33.2 Å². The highest BCUT2D eigenvalue weighted by atomic mass is 79.9. The summed E-state index contributed by atoms with van der Waals surface area (Å²) < 4.78 is 12.5. The number of amidine groups is 1. The van der Waals surface area contributed by atoms with Crippen molar-refractivity contribution in [1.29, 1.82) is 0 Å². The van der Waals surface area contributed by atoms with Crippen molar-refractivity contribution in [3.8, 4) is 11.5 Å². The molecule has 3 aromatic rings. The van der Waals surface area contributed by atoms with Crippen LogP contribution in [0.15, 0.2) is 75.0 Å². The van der Waals surface area contributed by atoms with E-state index in [9.17, 15) is 4.79 Å². The topological polar surface area (TPSA) is 59.9 Å². The maximum atomic E-state index is 12.5. The fraction of sp³-hybridized carbons (Fsp3) is 0.120. The van der Waals surface area contributed by atoms with E-state index in [1.54, 1.807) is 19.3 Å². The molecule has 1 fully saturated rings. The molecule has 4 rings (SSSR count). The molecule has 3 aromatic carbocycles. The Kier molecular flexibility index (Phi) is 7.42. The molecule has 0 aromatic heterocycles. The van der Waals surface area contributed by atoms with Crippen molar-refractivity contribution in [3.63, 3.8) is 0 Å². The molecule has 1 amide bonds. The normalized spacial score (nSPS) is 15.7. The monoisotopic (exact) mass is 542 g/mol. The molecule has 0 spiro atoms. The molecular weight excluding hydrogens is 524 g/mol. The quantitative estimate of drug-likeness (QED) is 0.344. The molecule has 8 heteroatoms. The molecule has 5 nitrogen and oxygen atoms in total. The summed E-state index contributed by atoms with van der Waals surface area (Å²) in [5.74, 6) is 1.03. The average Bonchev–Trinajstić information content (AvgIpc) is 3.14. The summed E-state index contributed by atoms with van der Waals surface area (Å²) in [7, 11) is 1.59. The second-order valence-electron chi connectivity index (χ2n) is 7.24. The van der Waals surface area contributed by atoms with Crippen LogP contribution in [0, 0.1) is 6.92 Å². The van der Waals surface area contributed by atoms with Gasteiger partial charge in [0.1, 0.15) is 6.61 Å². The first kappa shape index (κ1) is 23.4. The zero-order valence-corrected chi connectivity index (χ0v) is 21.1. The van der Waals surface area contributed by atoms with Crippen molar-refractivity contribution in [2.75, 3.05) is 7.11 Å². The van der Waals surface area contributed by atoms with E-state index >= 15 is 0 Å². The first-order valence-corrected chi connectivity index (χ1v) is 12.0. The Labute approximate surface area is 210 Å². The van der Waals surface area contributed by atoms with Gasteiger partial charge in [0.25, 0.3) is 5.91 Å². The second-order valence-corrected chi connectivity index (χ2v) is 9.62. The standard InChI is InChI=1S/C25H20BrClN2O3S/c1-15-11-19(27)8-9-20(15)28-25-29-24(30)23(33-25)13-17-5-10-21(22(12-17)31-2)32-14-16-3-6-18(26)7-4-16/h3-13H,14H2,1-2H3,(H,28,29,30)/b23-13-. The highest BCUT2D eigenvalue weighted by Gasteiger charge is 2.24. The van der Waals surface area contributed by atoms with Crippen LogP contribution in [-0.2, 0) is 11.4 Å². The number of aliphatic imine (C=N–C) groups is 1. The van der Waals surface area contributed by atoms with Gasteiger partial charge in [0.05, 0.1) is 17.7 Å². The Morgan fingerprint density at radius 1 is 1.09 bits per heavy atom. The molecule has 33 heavy (non-hydrogen) atoms. The maximum absolute atomic E-state index is 12.5. The number of amides is 1. The average molecular weight is 544 g/mol. The zero-order valence-electron chi connectivity index (χ0n) is 17.9. The van der Waals surface area contributed by atoms with Crippen LogP contribution in [0.4, 0.5) is 5.69 Å². The van der Waals surface area contributed by atoms with Crippen molar-refractivity contribution >= 4 is 62.1 Å². The molecule has 0 radical (unpaired) electrons. The summed E-state index contributed by atoms with van der Waals surface area (Å²) >= 11 is 10.7. The summed E-state index contributed by atoms with van der Waals surface area (Å²) in [6, 6.07) is 19.0. The molecule has 1 aliphatic heterocycles. The molecule has 1 saturated heterocycles. The van der Waals surface area contributed by atoms with E-state index in [4.69, 9.17) is 21.1 Å². The van der Waals surface area contributed by atoms with Gasteiger partial charge in [0.2, 0.25) is 0 Å². The third-order valence-electron chi connectivity index (χ3n) is 4.82. The van der Waals surface area contributed by atoms with Gasteiger partial charge in [-0.1, -0.05) is 45.7 Å². The second kappa shape index (κ2) is 10.5. The Morgan fingerprint density at radius 3 is 2.61 bits per heavy atom. The largest absolute Gasteiger partial charge is 0.493 e. The van der Waals surface area contributed by atoms with Crippen molar-refractivity contribution in [1.82, 2.24) is 5.32 Å². The predicted molar refractivity (Wildman–Crippen MR) is 138 cm³/mol. The molecule has 1 aliphatic rings. The van der Waals surface area contributed by atoms with E-state index < -0.39 is 0 Å². The molecule has 0 atom stereocenters. The van der Waals surface area contributed by atoms with Crippen LogP contribution in [0.5, 0.6) is 11.5 Å². The molecular formula is C25H20BrClN2O3S. The van der Waals surface area contributed by atoms with Crippen molar-refractivity contribution < 1.29 is 14.3 Å². The number of hydrogen-bond acceptors (Lipinski definition) is 5. The van der Waals surface area contributed by atoms with Crippen molar-refractivity contribution in [2.45, 2.75) is 13.5 Å². The minimum atomic E-state index is -0.195. The molecule has 1 heterocycles. The van der Waals surface area contributed by atoms with Gasteiger partial charge >= 0.3 is 0 Å². The summed E-state index contributed by atoms with van der Waals surface area (Å²) in [5, 5.41) is 3.99. The van der Waals surface area contributed by atoms with Gasteiger partial charge in [-0.05, 0) is 83.9 Å². The molecule has 0 saturated carbocycles. The molecule has 1 N–H and O–H groups in total. The number of halogens is 2. The first-order valence-electron chi connectivity index (χ1n) is 10.0. The number of hydrogen-bond donors (Lipinski definition) is 1. The number of ether oxygens (including phenoxy) is 2. The summed E-state index contributed by atoms with van der Waals surface area (Å²) in [6.07, 6.45) is 1.80. The smallest absolute Gasteiger partial charge is 0.264 e. The number of aryl methyl sites for hydroxylation is 1. The third kappa shape index (κ3) is 5.99. The van der Waals surface area contributed by atoms with Gasteiger partial charge in [-0.2, -0.15) is 0 Å². The number of rotatable bonds is 6. The fourth-order valence-electron chi connectivity index (χ4n) is 3.12. The van der Waals surface area contributed by atoms with E-state index in [1.807, 2.05) is 61.5 Å². The van der Waals surface area contributed by atoms with Gasteiger partial charge in [0, 0.05) is 9.50 Å². The van der Waals surface area contributed by atoms with Gasteiger partial charge < -0.3 is 14.8 Å². The molecule has 0 unspecified atom stereocenters. The lowest BCUT2D eigenvalue weighted by Gasteiger charge is -2.11. The van der Waals surface area contributed by atoms with Crippen molar-refractivity contribution in [3.05, 3.63) is 91.8 Å². The summed E-state index contributed by atoms with van der Waals surface area (Å²) in [6.45, 7) is 2.35. The first-order chi connectivity index (χ1) is 15.9. The SMILES string of the molecule is COc1cc(/C=C2\SC(=Nc3ccc(Cl)cc3C)NC2=O)ccc1OCc1ccc(Br)cc1. The van der Waals surface area contributed by atoms with E-state index in [2.05, 4.69) is 26.2 Å². The van der Waals surface area contributed by atoms with Crippen LogP contribution in [0.3, 0.4) is 0 Å². The lowest BCUT2D eigenvalue weighted by atomic mass is 10.2. The van der Waals surface area contributed by atoms with E-state index in [1.165, 1.54) is 11.8 Å². The van der Waals surface area contributed by atoms with Crippen LogP contribution in [0.2, 0.25) is 5.02 Å². The number of methoxy groups -OCH3 is 1. The number of nitrogens with one attached hydrogen (secondary N) is 1. The highest BCUT2D eigenvalue weighted by molar-refractivity contribution is 9.10. The van der Waals surface area contributed by atoms with E-state index in [0.717, 1.165) is 26.9 Å². The summed E-state index contributed by atoms with van der Waals surface area (Å²) in [4.78, 5) is 17.6. The minimum Gasteiger partial charge on any atom is -0.493 e. The van der Waals surface area contributed by atoms with Crippen LogP contribution in [0.1, 0.15) is 16.7 Å². The Hall–Kier alpha value is -2.74. The van der Waals surface area contributed by atoms with Gasteiger partial charge in [-0.3, -0.25) is 4.79 Å². The van der Waals surface area contributed by atoms with E-state index in [-0.39, 0.29) is 5.91 Å². The number of carbonyl (C=O) groups is 1. The minimum absolute atomic E-state index is 0.195. The third-order valence-corrected chi connectivity index (χ3v) is 6.50. The van der Waals surface area contributed by atoms with Gasteiger partial charge in [0.15, 0.2) is 16.7 Å². The number of benzene rings is 3. The zero-order chi connectivity index (χ0) is 23.4. The van der Waals surface area contributed by atoms with Gasteiger partial charge in [-0.15, -0.1) is 0 Å². The molecule has 168 valence electrons. The van der Waals surface area contributed by atoms with Crippen LogP contribution >= 0.6 is 39.3 Å². The van der Waals surface area contributed by atoms with Crippen LogP contribution in [-0.4, -0.2) is 18.2 Å². The highest BCUT2D eigenvalue weighted by Crippen LogP contribution is 2.33. The molecule has 0 aliphatic carbocycles. The Morgan fingerprint density at radius 2 is 1.88 bits per heavy atom. The number of thioether (sulfide) groups is 1. The fourth-order valence-corrected chi connectivity index (χ4v) is 4.45. The Balaban J connectivity index is 1.49. The summed E-state index contributed by atoms with van der Waals surface area (Å²) in [5.41, 5.74) is 3.57. The predicted octanol–water partition coefficient (Wildman–Crippen LogP) is 6.89. The Bertz CT molecular complexity index is 1260. The molecule has 0 bridgehead atoms. The maximum Gasteiger partial charge on any atom is 0.264 e. The van der Waals surface area contributed by atoms with Crippen molar-refractivity contribution in [2.24, 2.45) is 4.99 Å². The van der Waals surface area contributed by atoms with Gasteiger partial charge in [-0.25, -0.2) is 4.99 Å².